The van der Waals surface area contributed by atoms with E-state index in [1.165, 1.54) is 0 Å². The van der Waals surface area contributed by atoms with Crippen molar-refractivity contribution >= 4 is 0 Å². The number of rotatable bonds is 0. The van der Waals surface area contributed by atoms with Gasteiger partial charge in [-0.2, -0.15) is 0 Å². The first-order valence-electron chi connectivity index (χ1n) is 5.79. The molecule has 0 N–H and O–H groups in total. The van der Waals surface area contributed by atoms with Crippen LogP contribution in [0.3, 0.4) is 0 Å². The van der Waals surface area contributed by atoms with Crippen molar-refractivity contribution < 1.29 is 18.0 Å². The Morgan fingerprint density at radius 1 is 0.588 bits per heavy atom. The molecular formula is C12H27N3OOs. The summed E-state index contributed by atoms with van der Waals surface area (Å²) < 4.78 is 26.1. The molecule has 0 aliphatic carbocycles. The summed E-state index contributed by atoms with van der Waals surface area (Å²) in [6.45, 7) is 17.4. The van der Waals surface area contributed by atoms with Crippen LogP contribution in [0.5, 0.6) is 0 Å². The van der Waals surface area contributed by atoms with E-state index in [0.29, 0.717) is 0 Å². The van der Waals surface area contributed by atoms with Gasteiger partial charge in [0, 0.05) is 0 Å². The maximum atomic E-state index is 12.8. The summed E-state index contributed by atoms with van der Waals surface area (Å²) in [6, 6.07) is 0. The SMILES string of the molecule is CC(C)(C)[N]=[Os](=[O])(=[N]C(C)(C)C)=[N]C(C)(C)C. The fraction of sp³-hybridized carbons (Fsp3) is 1.00. The average molecular weight is 420 g/mol. The van der Waals surface area contributed by atoms with E-state index in [1.54, 1.807) is 0 Å². The molecule has 0 radical (unpaired) electrons. The van der Waals surface area contributed by atoms with Gasteiger partial charge in [0.1, 0.15) is 0 Å². The maximum absolute atomic E-state index is 12.8. The zero-order chi connectivity index (χ0) is 14.1. The molecule has 0 heterocycles. The van der Waals surface area contributed by atoms with Crippen molar-refractivity contribution in [2.45, 2.75) is 78.9 Å². The first-order chi connectivity index (χ1) is 7.12. The molecule has 0 aromatic heterocycles. The van der Waals surface area contributed by atoms with Gasteiger partial charge in [0.15, 0.2) is 0 Å². The first kappa shape index (κ1) is 16.8. The molecule has 0 saturated heterocycles. The normalized spacial score (nSPS) is 14.4. The molecule has 0 rings (SSSR count). The van der Waals surface area contributed by atoms with Crippen molar-refractivity contribution in [1.29, 1.82) is 0 Å². The molecule has 0 aliphatic rings. The third-order valence-corrected chi connectivity index (χ3v) is 8.35. The van der Waals surface area contributed by atoms with Crippen molar-refractivity contribution in [2.24, 2.45) is 10.9 Å². The molecule has 0 unspecified atom stereocenters. The Balaban J connectivity index is 6.34. The molecule has 0 atom stereocenters. The van der Waals surface area contributed by atoms with Crippen molar-refractivity contribution in [3.05, 3.63) is 0 Å². The molecular weight excluding hydrogens is 392 g/mol. The molecule has 0 aromatic carbocycles. The van der Waals surface area contributed by atoms with Crippen molar-refractivity contribution in [1.82, 2.24) is 0 Å². The van der Waals surface area contributed by atoms with Gasteiger partial charge in [-0.3, -0.25) is 0 Å². The molecule has 0 spiro atoms. The topological polar surface area (TPSA) is 54.1 Å². The van der Waals surface area contributed by atoms with Gasteiger partial charge in [0.05, 0.1) is 0 Å². The zero-order valence-corrected chi connectivity index (χ0v) is 15.1. The number of hydrogen-bond acceptors (Lipinski definition) is 4. The van der Waals surface area contributed by atoms with Gasteiger partial charge in [-0.1, -0.05) is 0 Å². The van der Waals surface area contributed by atoms with Crippen LogP contribution in [0.1, 0.15) is 62.3 Å². The van der Waals surface area contributed by atoms with Crippen LogP contribution in [0.4, 0.5) is 0 Å². The van der Waals surface area contributed by atoms with Crippen molar-refractivity contribution in [3.8, 4) is 0 Å². The minimum atomic E-state index is -4.17. The Kier molecular flexibility index (Phi) is 4.79. The monoisotopic (exact) mass is 421 g/mol. The van der Waals surface area contributed by atoms with Crippen LogP contribution in [-0.4, -0.2) is 16.6 Å². The Bertz CT molecular complexity index is 451. The summed E-state index contributed by atoms with van der Waals surface area (Å²) in [7, 11) is 0. The molecule has 17 heavy (non-hydrogen) atoms. The third-order valence-electron chi connectivity index (χ3n) is 1.02. The molecule has 5 heteroatoms. The van der Waals surface area contributed by atoms with E-state index < -0.39 is 14.4 Å². The second kappa shape index (κ2) is 4.84. The molecule has 0 aliphatic heterocycles. The molecule has 0 fully saturated rings. The second-order valence-corrected chi connectivity index (χ2v) is 11.8. The quantitative estimate of drug-likeness (QED) is 0.573. The van der Waals surface area contributed by atoms with E-state index >= 15 is 0 Å². The van der Waals surface area contributed by atoms with E-state index in [-0.39, 0.29) is 16.6 Å². The molecule has 0 bridgehead atoms. The van der Waals surface area contributed by atoms with Gasteiger partial charge >= 0.3 is 108 Å². The van der Waals surface area contributed by atoms with Crippen LogP contribution in [-0.2, 0) is 18.0 Å². The number of hydrogen-bond donors (Lipinski definition) is 0. The summed E-state index contributed by atoms with van der Waals surface area (Å²) >= 11 is -4.17. The van der Waals surface area contributed by atoms with Gasteiger partial charge in [0.2, 0.25) is 0 Å². The molecule has 4 nitrogen and oxygen atoms in total. The summed E-state index contributed by atoms with van der Waals surface area (Å²) in [5.74, 6) is 0. The Morgan fingerprint density at radius 2 is 0.765 bits per heavy atom. The Morgan fingerprint density at radius 3 is 0.882 bits per heavy atom. The van der Waals surface area contributed by atoms with Crippen LogP contribution < -0.4 is 0 Å². The zero-order valence-electron chi connectivity index (χ0n) is 12.6. The first-order valence-corrected chi connectivity index (χ1v) is 10.2. The van der Waals surface area contributed by atoms with E-state index in [0.717, 1.165) is 0 Å². The van der Waals surface area contributed by atoms with Crippen molar-refractivity contribution in [3.63, 3.8) is 0 Å². The molecule has 0 amide bonds. The van der Waals surface area contributed by atoms with Gasteiger partial charge in [-0.05, 0) is 0 Å². The Hall–Kier alpha value is -0.164. The van der Waals surface area contributed by atoms with E-state index in [4.69, 9.17) is 0 Å². The predicted molar refractivity (Wildman–Crippen MR) is 67.2 cm³/mol. The fourth-order valence-electron chi connectivity index (χ4n) is 0.980. The minimum absolute atomic E-state index is 0.367. The van der Waals surface area contributed by atoms with Crippen LogP contribution in [0.2, 0.25) is 0 Å². The average Bonchev–Trinajstić information content (AvgIpc) is 1.65. The summed E-state index contributed by atoms with van der Waals surface area (Å²) in [6.07, 6.45) is 0. The van der Waals surface area contributed by atoms with E-state index in [1.807, 2.05) is 62.3 Å². The van der Waals surface area contributed by atoms with Gasteiger partial charge < -0.3 is 0 Å². The van der Waals surface area contributed by atoms with Gasteiger partial charge in [-0.15, -0.1) is 0 Å². The van der Waals surface area contributed by atoms with Gasteiger partial charge in [0.25, 0.3) is 0 Å². The van der Waals surface area contributed by atoms with Gasteiger partial charge in [-0.25, -0.2) is 0 Å². The fourth-order valence-corrected chi connectivity index (χ4v) is 8.02. The van der Waals surface area contributed by atoms with Crippen molar-refractivity contribution in [2.75, 3.05) is 0 Å². The molecule has 0 aromatic rings. The van der Waals surface area contributed by atoms with E-state index in [9.17, 15) is 3.54 Å². The standard InChI is InChI=1S/3C4H9N.O.Os/c3*1-4(2,3)5;;/h3*1-3H3;;. The van der Waals surface area contributed by atoms with Crippen LogP contribution in [0.25, 0.3) is 0 Å². The van der Waals surface area contributed by atoms with Crippen LogP contribution in [0.15, 0.2) is 10.9 Å². The summed E-state index contributed by atoms with van der Waals surface area (Å²) in [5.41, 5.74) is -1.10. The Labute approximate surface area is 108 Å². The summed E-state index contributed by atoms with van der Waals surface area (Å²) in [5, 5.41) is 0. The predicted octanol–water partition coefficient (Wildman–Crippen LogP) is 4.43. The third kappa shape index (κ3) is 9.53. The number of nitrogens with zero attached hydrogens (tertiary/aromatic N) is 3. The summed E-state index contributed by atoms with van der Waals surface area (Å²) in [4.78, 5) is 0. The molecule has 0 saturated carbocycles. The van der Waals surface area contributed by atoms with E-state index in [2.05, 4.69) is 10.9 Å². The molecule has 104 valence electrons. The second-order valence-electron chi connectivity index (χ2n) is 7.16. The van der Waals surface area contributed by atoms with Crippen LogP contribution in [0, 0.1) is 0 Å². The van der Waals surface area contributed by atoms with Crippen LogP contribution >= 0.6 is 0 Å².